The third-order valence-corrected chi connectivity index (χ3v) is 6.38. The molecule has 4 heterocycles. The third kappa shape index (κ3) is 4.83. The van der Waals surface area contributed by atoms with E-state index >= 15 is 0 Å². The number of carbonyl (C=O) groups is 1. The summed E-state index contributed by atoms with van der Waals surface area (Å²) in [6.07, 6.45) is 3.01. The lowest BCUT2D eigenvalue weighted by molar-refractivity contribution is -0.112. The Balaban J connectivity index is 1.41. The molecule has 0 atom stereocenters. The van der Waals surface area contributed by atoms with Crippen LogP contribution >= 0.6 is 34.4 Å². The largest absolute Gasteiger partial charge is 0.468 e. The fourth-order valence-corrected chi connectivity index (χ4v) is 4.55. The molecule has 0 saturated heterocycles. The molecule has 0 saturated carbocycles. The van der Waals surface area contributed by atoms with Crippen molar-refractivity contribution in [2.24, 2.45) is 0 Å². The number of aromatic nitrogens is 2. The highest BCUT2D eigenvalue weighted by Crippen LogP contribution is 2.30. The van der Waals surface area contributed by atoms with E-state index in [1.54, 1.807) is 18.4 Å². The van der Waals surface area contributed by atoms with Gasteiger partial charge in [-0.15, -0.1) is 21.5 Å². The predicted octanol–water partition coefficient (Wildman–Crippen LogP) is 5.29. The molecule has 0 spiro atoms. The molecule has 144 valence electrons. The number of anilines is 1. The van der Waals surface area contributed by atoms with Crippen molar-refractivity contribution in [3.8, 4) is 16.0 Å². The van der Waals surface area contributed by atoms with Gasteiger partial charge in [-0.2, -0.15) is 5.26 Å². The summed E-state index contributed by atoms with van der Waals surface area (Å²) in [5.74, 6) is 1.30. The molecule has 1 N–H and O–H groups in total. The summed E-state index contributed by atoms with van der Waals surface area (Å²) in [5.41, 5.74) is -0.0881. The van der Waals surface area contributed by atoms with Crippen molar-refractivity contribution in [2.45, 2.75) is 10.8 Å². The second kappa shape index (κ2) is 8.91. The van der Waals surface area contributed by atoms with Crippen LogP contribution in [0.2, 0.25) is 0 Å². The second-order valence-electron chi connectivity index (χ2n) is 5.54. The van der Waals surface area contributed by atoms with Crippen LogP contribution in [0.4, 0.5) is 5.13 Å². The summed E-state index contributed by atoms with van der Waals surface area (Å²) in [7, 11) is 0. The van der Waals surface area contributed by atoms with Gasteiger partial charge >= 0.3 is 0 Å². The van der Waals surface area contributed by atoms with E-state index in [1.807, 2.05) is 35.7 Å². The molecule has 10 heteroatoms. The summed E-state index contributed by atoms with van der Waals surface area (Å²) in [6, 6.07) is 12.9. The molecule has 7 nitrogen and oxygen atoms in total. The molecule has 4 aromatic rings. The first kappa shape index (κ1) is 19.2. The van der Waals surface area contributed by atoms with E-state index in [4.69, 9.17) is 8.83 Å². The van der Waals surface area contributed by atoms with Crippen LogP contribution < -0.4 is 5.32 Å². The molecule has 29 heavy (non-hydrogen) atoms. The van der Waals surface area contributed by atoms with Gasteiger partial charge in [-0.25, -0.2) is 0 Å². The van der Waals surface area contributed by atoms with Crippen LogP contribution in [-0.2, 0) is 10.5 Å². The lowest BCUT2D eigenvalue weighted by Gasteiger charge is -1.98. The zero-order chi connectivity index (χ0) is 20.1. The quantitative estimate of drug-likeness (QED) is 0.236. The van der Waals surface area contributed by atoms with E-state index < -0.39 is 5.91 Å². The summed E-state index contributed by atoms with van der Waals surface area (Å²) < 4.78 is 10.9. The zero-order valence-electron chi connectivity index (χ0n) is 14.7. The van der Waals surface area contributed by atoms with Gasteiger partial charge in [0.05, 0.1) is 16.9 Å². The van der Waals surface area contributed by atoms with Crippen molar-refractivity contribution >= 4 is 51.6 Å². The Hall–Kier alpha value is -3.13. The fraction of sp³-hybridized carbons (Fsp3) is 0.0526. The number of hydrogen-bond acceptors (Lipinski definition) is 9. The molecule has 0 unspecified atom stereocenters. The van der Waals surface area contributed by atoms with Crippen LogP contribution in [0.5, 0.6) is 0 Å². The average molecular weight is 441 g/mol. The smallest absolute Gasteiger partial charge is 0.268 e. The minimum atomic E-state index is -0.567. The first-order chi connectivity index (χ1) is 14.2. The number of nitriles is 1. The molecular weight excluding hydrogens is 428 g/mol. The molecule has 4 aromatic heterocycles. The Kier molecular flexibility index (Phi) is 5.90. The molecule has 0 radical (unpaired) electrons. The Bertz CT molecular complexity index is 1170. The maximum Gasteiger partial charge on any atom is 0.268 e. The van der Waals surface area contributed by atoms with Gasteiger partial charge in [-0.1, -0.05) is 29.2 Å². The first-order valence-electron chi connectivity index (χ1n) is 8.27. The van der Waals surface area contributed by atoms with Crippen LogP contribution in [0.15, 0.2) is 67.5 Å². The zero-order valence-corrected chi connectivity index (χ0v) is 17.1. The van der Waals surface area contributed by atoms with Crippen LogP contribution in [0, 0.1) is 11.3 Å². The van der Waals surface area contributed by atoms with Gasteiger partial charge in [0.25, 0.3) is 5.91 Å². The van der Waals surface area contributed by atoms with Crippen LogP contribution in [0.3, 0.4) is 0 Å². The highest BCUT2D eigenvalue weighted by molar-refractivity contribution is 7.98. The number of carbonyl (C=O) groups excluding carboxylic acids is 1. The monoisotopic (exact) mass is 440 g/mol. The second-order valence-corrected chi connectivity index (χ2v) is 8.44. The lowest BCUT2D eigenvalue weighted by Crippen LogP contribution is -2.13. The minimum Gasteiger partial charge on any atom is -0.468 e. The van der Waals surface area contributed by atoms with E-state index in [0.29, 0.717) is 26.7 Å². The molecule has 0 aliphatic heterocycles. The Labute approximate surface area is 177 Å². The maximum absolute atomic E-state index is 12.4. The number of thiophene rings is 1. The normalized spacial score (nSPS) is 11.3. The Morgan fingerprint density at radius 1 is 1.28 bits per heavy atom. The number of nitrogens with one attached hydrogen (secondary N) is 1. The molecule has 0 bridgehead atoms. The molecule has 0 aliphatic carbocycles. The number of thioether (sulfide) groups is 1. The van der Waals surface area contributed by atoms with Gasteiger partial charge in [0.2, 0.25) is 5.13 Å². The van der Waals surface area contributed by atoms with E-state index in [1.165, 1.54) is 40.5 Å². The molecule has 0 aromatic carbocycles. The SMILES string of the molecule is N#C/C(=C/c1ccc(SCc2ccco2)o1)C(=O)Nc1nnc(-c2cccs2)s1. The number of rotatable bonds is 7. The van der Waals surface area contributed by atoms with Crippen LogP contribution in [-0.4, -0.2) is 16.1 Å². The van der Waals surface area contributed by atoms with Gasteiger partial charge in [0, 0.05) is 6.08 Å². The molecule has 1 amide bonds. The Morgan fingerprint density at radius 2 is 2.21 bits per heavy atom. The Morgan fingerprint density at radius 3 is 2.97 bits per heavy atom. The molecule has 0 aliphatic rings. The van der Waals surface area contributed by atoms with Crippen molar-refractivity contribution in [1.82, 2.24) is 10.2 Å². The lowest BCUT2D eigenvalue weighted by atomic mass is 10.2. The fourth-order valence-electron chi connectivity index (χ4n) is 2.26. The average Bonchev–Trinajstić information content (AvgIpc) is 3.52. The molecule has 4 rings (SSSR count). The van der Waals surface area contributed by atoms with Crippen molar-refractivity contribution < 1.29 is 13.6 Å². The highest BCUT2D eigenvalue weighted by Gasteiger charge is 2.15. The summed E-state index contributed by atoms with van der Waals surface area (Å²) >= 11 is 4.24. The number of hydrogen-bond donors (Lipinski definition) is 1. The van der Waals surface area contributed by atoms with Gasteiger partial charge in [0.1, 0.15) is 23.2 Å². The van der Waals surface area contributed by atoms with Gasteiger partial charge in [-0.3, -0.25) is 10.1 Å². The predicted molar refractivity (Wildman–Crippen MR) is 112 cm³/mol. The number of furan rings is 2. The van der Waals surface area contributed by atoms with E-state index in [9.17, 15) is 10.1 Å². The number of amides is 1. The topological polar surface area (TPSA) is 105 Å². The first-order valence-corrected chi connectivity index (χ1v) is 10.9. The van der Waals surface area contributed by atoms with E-state index in [-0.39, 0.29) is 5.57 Å². The summed E-state index contributed by atoms with van der Waals surface area (Å²) in [5, 5.41) is 23.6. The number of nitrogens with zero attached hydrogens (tertiary/aromatic N) is 3. The highest BCUT2D eigenvalue weighted by atomic mass is 32.2. The van der Waals surface area contributed by atoms with Gasteiger partial charge in [-0.05, 0) is 35.7 Å². The van der Waals surface area contributed by atoms with E-state index in [0.717, 1.165) is 10.6 Å². The third-order valence-electron chi connectivity index (χ3n) is 3.57. The van der Waals surface area contributed by atoms with Crippen molar-refractivity contribution in [2.75, 3.05) is 5.32 Å². The molecular formula is C19H12N4O3S3. The minimum absolute atomic E-state index is 0.0881. The summed E-state index contributed by atoms with van der Waals surface area (Å²) in [4.78, 5) is 13.4. The van der Waals surface area contributed by atoms with Gasteiger partial charge < -0.3 is 8.83 Å². The standard InChI is InChI=1S/C19H12N4O3S3/c20-10-12(9-13-5-6-16(26-13)28-11-14-3-1-7-25-14)17(24)21-19-23-22-18(29-19)15-4-2-8-27-15/h1-9H,11H2,(H,21,23,24)/b12-9-. The van der Waals surface area contributed by atoms with Crippen LogP contribution in [0.1, 0.15) is 11.5 Å². The van der Waals surface area contributed by atoms with Crippen molar-refractivity contribution in [1.29, 1.82) is 5.26 Å². The van der Waals surface area contributed by atoms with Gasteiger partial charge in [0.15, 0.2) is 10.1 Å². The van der Waals surface area contributed by atoms with E-state index in [2.05, 4.69) is 15.5 Å². The van der Waals surface area contributed by atoms with Crippen molar-refractivity contribution in [3.05, 3.63) is 65.1 Å². The summed E-state index contributed by atoms with van der Waals surface area (Å²) in [6.45, 7) is 0. The van der Waals surface area contributed by atoms with Crippen molar-refractivity contribution in [3.63, 3.8) is 0 Å². The maximum atomic E-state index is 12.4. The van der Waals surface area contributed by atoms with Crippen LogP contribution in [0.25, 0.3) is 16.0 Å². The molecule has 0 fully saturated rings.